The number of nitrogens with one attached hydrogen (secondary N) is 2. The van der Waals surface area contributed by atoms with Gasteiger partial charge in [-0.1, -0.05) is 55.7 Å². The quantitative estimate of drug-likeness (QED) is 0.779. The van der Waals surface area contributed by atoms with E-state index in [4.69, 9.17) is 0 Å². The summed E-state index contributed by atoms with van der Waals surface area (Å²) in [6, 6.07) is 14.6. The van der Waals surface area contributed by atoms with Crippen molar-refractivity contribution in [3.8, 4) is 0 Å². The molecule has 3 nitrogen and oxygen atoms in total. The number of hydrogen-bond donors (Lipinski definition) is 2. The Balaban J connectivity index is 1.43. The lowest BCUT2D eigenvalue weighted by molar-refractivity contribution is -0.122. The van der Waals surface area contributed by atoms with Gasteiger partial charge in [0, 0.05) is 30.6 Å². The third-order valence-corrected chi connectivity index (χ3v) is 4.75. The smallest absolute Gasteiger partial charge is 0.220 e. The third-order valence-electron chi connectivity index (χ3n) is 4.75. The monoisotopic (exact) mass is 310 g/mol. The van der Waals surface area contributed by atoms with E-state index in [0.717, 1.165) is 12.2 Å². The van der Waals surface area contributed by atoms with Gasteiger partial charge in [-0.3, -0.25) is 4.79 Å². The number of rotatable bonds is 6. The van der Waals surface area contributed by atoms with E-state index in [0.29, 0.717) is 18.9 Å². The lowest BCUT2D eigenvalue weighted by atomic mass is 9.87. The Morgan fingerprint density at radius 3 is 2.61 bits per heavy atom. The molecule has 1 saturated carbocycles. The summed E-state index contributed by atoms with van der Waals surface area (Å²) in [6.07, 6.45) is 7.08. The molecule has 0 spiro atoms. The van der Waals surface area contributed by atoms with Crippen molar-refractivity contribution in [2.45, 2.75) is 38.5 Å². The SMILES string of the molecule is O=C(CC1CCCCC1)NCCNc1cccc2ccccc12. The van der Waals surface area contributed by atoms with Gasteiger partial charge in [0.2, 0.25) is 5.91 Å². The molecule has 0 heterocycles. The van der Waals surface area contributed by atoms with Crippen LogP contribution in [0.2, 0.25) is 0 Å². The molecular formula is C20H26N2O. The molecule has 1 fully saturated rings. The summed E-state index contributed by atoms with van der Waals surface area (Å²) < 4.78 is 0. The van der Waals surface area contributed by atoms with Crippen LogP contribution in [0.25, 0.3) is 10.8 Å². The van der Waals surface area contributed by atoms with Gasteiger partial charge >= 0.3 is 0 Å². The second-order valence-electron chi connectivity index (χ2n) is 6.51. The summed E-state index contributed by atoms with van der Waals surface area (Å²) in [4.78, 5) is 12.0. The van der Waals surface area contributed by atoms with Gasteiger partial charge in [-0.15, -0.1) is 0 Å². The highest BCUT2D eigenvalue weighted by Crippen LogP contribution is 2.26. The van der Waals surface area contributed by atoms with Gasteiger partial charge in [0.15, 0.2) is 0 Å². The Hall–Kier alpha value is -2.03. The molecule has 3 rings (SSSR count). The predicted molar refractivity (Wildman–Crippen MR) is 96.6 cm³/mol. The Labute approximate surface area is 138 Å². The summed E-state index contributed by atoms with van der Waals surface area (Å²) in [5, 5.41) is 8.94. The molecule has 1 aliphatic rings. The molecule has 2 N–H and O–H groups in total. The maximum atomic E-state index is 12.0. The van der Waals surface area contributed by atoms with E-state index in [1.165, 1.54) is 42.9 Å². The predicted octanol–water partition coefficient (Wildman–Crippen LogP) is 4.34. The van der Waals surface area contributed by atoms with E-state index in [-0.39, 0.29) is 5.91 Å². The second-order valence-corrected chi connectivity index (χ2v) is 6.51. The van der Waals surface area contributed by atoms with Crippen LogP contribution in [0, 0.1) is 5.92 Å². The molecule has 2 aromatic rings. The molecule has 23 heavy (non-hydrogen) atoms. The summed E-state index contributed by atoms with van der Waals surface area (Å²) in [7, 11) is 0. The number of carbonyl (C=O) groups excluding carboxylic acids is 1. The Morgan fingerprint density at radius 1 is 0.957 bits per heavy atom. The van der Waals surface area contributed by atoms with E-state index in [1.54, 1.807) is 0 Å². The summed E-state index contributed by atoms with van der Waals surface area (Å²) in [6.45, 7) is 1.43. The van der Waals surface area contributed by atoms with Gasteiger partial charge in [-0.05, 0) is 30.2 Å². The Morgan fingerprint density at radius 2 is 1.74 bits per heavy atom. The van der Waals surface area contributed by atoms with Crippen LogP contribution in [-0.4, -0.2) is 19.0 Å². The minimum atomic E-state index is 0.205. The fraction of sp³-hybridized carbons (Fsp3) is 0.450. The van der Waals surface area contributed by atoms with Crippen LogP contribution >= 0.6 is 0 Å². The largest absolute Gasteiger partial charge is 0.383 e. The minimum absolute atomic E-state index is 0.205. The zero-order chi connectivity index (χ0) is 15.9. The van der Waals surface area contributed by atoms with Crippen molar-refractivity contribution < 1.29 is 4.79 Å². The van der Waals surface area contributed by atoms with Crippen LogP contribution in [0.15, 0.2) is 42.5 Å². The van der Waals surface area contributed by atoms with Gasteiger partial charge in [-0.2, -0.15) is 0 Å². The second kappa shape index (κ2) is 8.00. The number of fused-ring (bicyclic) bond motifs is 1. The molecule has 122 valence electrons. The van der Waals surface area contributed by atoms with Crippen molar-refractivity contribution in [3.05, 3.63) is 42.5 Å². The van der Waals surface area contributed by atoms with Crippen molar-refractivity contribution in [3.63, 3.8) is 0 Å². The number of hydrogen-bond acceptors (Lipinski definition) is 2. The zero-order valence-electron chi connectivity index (χ0n) is 13.7. The Bertz CT molecular complexity index is 642. The maximum Gasteiger partial charge on any atom is 0.220 e. The molecule has 0 bridgehead atoms. The molecule has 0 atom stereocenters. The first-order valence-corrected chi connectivity index (χ1v) is 8.81. The topological polar surface area (TPSA) is 41.1 Å². The molecule has 0 aliphatic heterocycles. The van der Waals surface area contributed by atoms with E-state index in [1.807, 2.05) is 0 Å². The lowest BCUT2D eigenvalue weighted by Crippen LogP contribution is -2.30. The number of carbonyl (C=O) groups is 1. The van der Waals surface area contributed by atoms with Gasteiger partial charge in [0.1, 0.15) is 0 Å². The highest BCUT2D eigenvalue weighted by molar-refractivity contribution is 5.93. The van der Waals surface area contributed by atoms with Gasteiger partial charge in [-0.25, -0.2) is 0 Å². The van der Waals surface area contributed by atoms with Gasteiger partial charge < -0.3 is 10.6 Å². The average molecular weight is 310 g/mol. The summed E-state index contributed by atoms with van der Waals surface area (Å²) in [5.41, 5.74) is 1.13. The van der Waals surface area contributed by atoms with Crippen LogP contribution in [0.4, 0.5) is 5.69 Å². The summed E-state index contributed by atoms with van der Waals surface area (Å²) in [5.74, 6) is 0.811. The molecule has 3 heteroatoms. The van der Waals surface area contributed by atoms with Crippen LogP contribution in [-0.2, 0) is 4.79 Å². The standard InChI is InChI=1S/C20H26N2O/c23-20(15-16-7-2-1-3-8-16)22-14-13-21-19-12-6-10-17-9-4-5-11-18(17)19/h4-6,9-12,16,21H,1-3,7-8,13-15H2,(H,22,23). The first-order valence-electron chi connectivity index (χ1n) is 8.81. The zero-order valence-corrected chi connectivity index (χ0v) is 13.7. The molecule has 0 unspecified atom stereocenters. The number of anilines is 1. The molecule has 1 aliphatic carbocycles. The normalized spacial score (nSPS) is 15.5. The minimum Gasteiger partial charge on any atom is -0.383 e. The van der Waals surface area contributed by atoms with E-state index in [2.05, 4.69) is 53.1 Å². The first-order chi connectivity index (χ1) is 11.3. The summed E-state index contributed by atoms with van der Waals surface area (Å²) >= 11 is 0. The van der Waals surface area contributed by atoms with Crippen molar-refractivity contribution in [2.24, 2.45) is 5.92 Å². The van der Waals surface area contributed by atoms with E-state index < -0.39 is 0 Å². The third kappa shape index (κ3) is 4.47. The highest BCUT2D eigenvalue weighted by atomic mass is 16.1. The van der Waals surface area contributed by atoms with Crippen LogP contribution in [0.1, 0.15) is 38.5 Å². The Kier molecular flexibility index (Phi) is 5.51. The molecule has 2 aromatic carbocycles. The van der Waals surface area contributed by atoms with E-state index >= 15 is 0 Å². The molecule has 1 amide bonds. The fourth-order valence-electron chi connectivity index (χ4n) is 3.50. The highest BCUT2D eigenvalue weighted by Gasteiger charge is 2.16. The van der Waals surface area contributed by atoms with Crippen molar-refractivity contribution >= 4 is 22.4 Å². The molecule has 0 radical (unpaired) electrons. The lowest BCUT2D eigenvalue weighted by Gasteiger charge is -2.20. The van der Waals surface area contributed by atoms with Crippen molar-refractivity contribution in [2.75, 3.05) is 18.4 Å². The van der Waals surface area contributed by atoms with Crippen molar-refractivity contribution in [1.29, 1.82) is 0 Å². The average Bonchev–Trinajstić information content (AvgIpc) is 2.60. The molecule has 0 saturated heterocycles. The maximum absolute atomic E-state index is 12.0. The molecule has 0 aromatic heterocycles. The van der Waals surface area contributed by atoms with Crippen LogP contribution < -0.4 is 10.6 Å². The molecular weight excluding hydrogens is 284 g/mol. The van der Waals surface area contributed by atoms with Crippen molar-refractivity contribution in [1.82, 2.24) is 5.32 Å². The van der Waals surface area contributed by atoms with Gasteiger partial charge in [0.05, 0.1) is 0 Å². The fourth-order valence-corrected chi connectivity index (χ4v) is 3.50. The van der Waals surface area contributed by atoms with Crippen LogP contribution in [0.5, 0.6) is 0 Å². The first kappa shape index (κ1) is 15.9. The number of benzene rings is 2. The number of amides is 1. The van der Waals surface area contributed by atoms with Gasteiger partial charge in [0.25, 0.3) is 0 Å². The van der Waals surface area contributed by atoms with Crippen LogP contribution in [0.3, 0.4) is 0 Å². The van der Waals surface area contributed by atoms with E-state index in [9.17, 15) is 4.79 Å².